The minimum absolute atomic E-state index is 0.0802. The number of nitrogens with one attached hydrogen (secondary N) is 1. The summed E-state index contributed by atoms with van der Waals surface area (Å²) < 4.78 is 5.17. The monoisotopic (exact) mass is 371 g/mol. The standard InChI is InChI=1S/C20H29N5O2/c1-15-18(16(2)27-23-15)6-4-9-21-20(26)17-7-8-19(22-14-17)25-11-5-10-24(3)12-13-25/h7-8,14H,4-6,9-13H2,1-3H3,(H,21,26). The number of likely N-dealkylation sites (N-methyl/N-ethyl adjacent to an activating group) is 1. The highest BCUT2D eigenvalue weighted by molar-refractivity contribution is 5.94. The van der Waals surface area contributed by atoms with E-state index in [2.05, 4.69) is 32.3 Å². The Labute approximate surface area is 160 Å². The summed E-state index contributed by atoms with van der Waals surface area (Å²) in [4.78, 5) is 21.5. The molecule has 1 fully saturated rings. The summed E-state index contributed by atoms with van der Waals surface area (Å²) in [5.74, 6) is 1.72. The third-order valence-corrected chi connectivity index (χ3v) is 5.12. The lowest BCUT2D eigenvalue weighted by Gasteiger charge is -2.21. The first kappa shape index (κ1) is 19.4. The Morgan fingerprint density at radius 1 is 1.22 bits per heavy atom. The van der Waals surface area contributed by atoms with E-state index in [0.29, 0.717) is 12.1 Å². The molecule has 1 saturated heterocycles. The normalized spacial score (nSPS) is 15.6. The van der Waals surface area contributed by atoms with Crippen LogP contribution in [0.25, 0.3) is 0 Å². The topological polar surface area (TPSA) is 74.5 Å². The van der Waals surface area contributed by atoms with E-state index < -0.39 is 0 Å². The number of pyridine rings is 1. The molecular formula is C20H29N5O2. The van der Waals surface area contributed by atoms with Gasteiger partial charge in [-0.3, -0.25) is 4.79 Å². The molecule has 2 aromatic heterocycles. The fraction of sp³-hybridized carbons (Fsp3) is 0.550. The Hall–Kier alpha value is -2.41. The Kier molecular flexibility index (Phi) is 6.45. The third-order valence-electron chi connectivity index (χ3n) is 5.12. The van der Waals surface area contributed by atoms with Gasteiger partial charge < -0.3 is 19.6 Å². The van der Waals surface area contributed by atoms with E-state index in [0.717, 1.165) is 68.3 Å². The van der Waals surface area contributed by atoms with Gasteiger partial charge in [0, 0.05) is 37.9 Å². The van der Waals surface area contributed by atoms with Crippen LogP contribution in [0.3, 0.4) is 0 Å². The van der Waals surface area contributed by atoms with Crippen LogP contribution in [0.2, 0.25) is 0 Å². The lowest BCUT2D eigenvalue weighted by Crippen LogP contribution is -2.29. The van der Waals surface area contributed by atoms with Crippen LogP contribution >= 0.6 is 0 Å². The highest BCUT2D eigenvalue weighted by Gasteiger charge is 2.14. The third kappa shape index (κ3) is 5.07. The molecular weight excluding hydrogens is 342 g/mol. The van der Waals surface area contributed by atoms with Gasteiger partial charge in [-0.25, -0.2) is 4.98 Å². The molecule has 0 bridgehead atoms. The number of hydrogen-bond donors (Lipinski definition) is 1. The average Bonchev–Trinajstić information content (AvgIpc) is 2.85. The fourth-order valence-electron chi connectivity index (χ4n) is 3.41. The molecule has 146 valence electrons. The first-order valence-corrected chi connectivity index (χ1v) is 9.64. The zero-order chi connectivity index (χ0) is 19.2. The molecule has 0 aromatic carbocycles. The zero-order valence-electron chi connectivity index (χ0n) is 16.5. The minimum Gasteiger partial charge on any atom is -0.361 e. The van der Waals surface area contributed by atoms with Gasteiger partial charge in [-0.15, -0.1) is 0 Å². The number of aromatic nitrogens is 2. The predicted octanol–water partition coefficient (Wildman–Crippen LogP) is 2.19. The number of anilines is 1. The van der Waals surface area contributed by atoms with Gasteiger partial charge in [-0.1, -0.05) is 5.16 Å². The molecule has 0 unspecified atom stereocenters. The van der Waals surface area contributed by atoms with Gasteiger partial charge >= 0.3 is 0 Å². The van der Waals surface area contributed by atoms with Gasteiger partial charge in [-0.2, -0.15) is 0 Å². The summed E-state index contributed by atoms with van der Waals surface area (Å²) in [5.41, 5.74) is 2.67. The maximum atomic E-state index is 12.3. The smallest absolute Gasteiger partial charge is 0.252 e. The molecule has 7 nitrogen and oxygen atoms in total. The molecule has 1 aliphatic rings. The van der Waals surface area contributed by atoms with E-state index in [1.54, 1.807) is 6.20 Å². The van der Waals surface area contributed by atoms with Crippen LogP contribution in [0.4, 0.5) is 5.82 Å². The molecule has 0 aliphatic carbocycles. The van der Waals surface area contributed by atoms with Crippen molar-refractivity contribution in [2.45, 2.75) is 33.1 Å². The van der Waals surface area contributed by atoms with Crippen molar-refractivity contribution in [3.63, 3.8) is 0 Å². The SMILES string of the molecule is Cc1noc(C)c1CCCNC(=O)c1ccc(N2CCCN(C)CC2)nc1. The molecule has 0 spiro atoms. The van der Waals surface area contributed by atoms with Crippen LogP contribution in [0.1, 0.15) is 40.2 Å². The van der Waals surface area contributed by atoms with Gasteiger partial charge in [0.1, 0.15) is 11.6 Å². The Morgan fingerprint density at radius 2 is 2.07 bits per heavy atom. The van der Waals surface area contributed by atoms with Crippen LogP contribution < -0.4 is 10.2 Å². The first-order chi connectivity index (χ1) is 13.0. The molecule has 3 rings (SSSR count). The highest BCUT2D eigenvalue weighted by atomic mass is 16.5. The Balaban J connectivity index is 1.47. The van der Waals surface area contributed by atoms with Crippen LogP contribution in [0.5, 0.6) is 0 Å². The van der Waals surface area contributed by atoms with Crippen molar-refractivity contribution in [1.29, 1.82) is 0 Å². The van der Waals surface area contributed by atoms with Crippen LogP contribution in [0.15, 0.2) is 22.9 Å². The highest BCUT2D eigenvalue weighted by Crippen LogP contribution is 2.15. The first-order valence-electron chi connectivity index (χ1n) is 9.64. The fourth-order valence-corrected chi connectivity index (χ4v) is 3.41. The zero-order valence-corrected chi connectivity index (χ0v) is 16.5. The van der Waals surface area contributed by atoms with Gasteiger partial charge in [0.15, 0.2) is 0 Å². The quantitative estimate of drug-likeness (QED) is 0.785. The minimum atomic E-state index is -0.0802. The van der Waals surface area contributed by atoms with Gasteiger partial charge in [-0.05, 0) is 58.8 Å². The van der Waals surface area contributed by atoms with Gasteiger partial charge in [0.05, 0.1) is 11.3 Å². The van der Waals surface area contributed by atoms with Crippen LogP contribution in [-0.4, -0.2) is 60.7 Å². The van der Waals surface area contributed by atoms with Crippen molar-refractivity contribution in [2.24, 2.45) is 0 Å². The van der Waals surface area contributed by atoms with Crippen molar-refractivity contribution in [3.05, 3.63) is 40.9 Å². The molecule has 0 radical (unpaired) electrons. The summed E-state index contributed by atoms with van der Waals surface area (Å²) in [7, 11) is 2.15. The van der Waals surface area contributed by atoms with E-state index in [1.165, 1.54) is 0 Å². The molecule has 27 heavy (non-hydrogen) atoms. The van der Waals surface area contributed by atoms with E-state index >= 15 is 0 Å². The van der Waals surface area contributed by atoms with E-state index in [-0.39, 0.29) is 5.91 Å². The average molecular weight is 371 g/mol. The maximum absolute atomic E-state index is 12.3. The molecule has 0 saturated carbocycles. The van der Waals surface area contributed by atoms with Crippen LogP contribution in [0, 0.1) is 13.8 Å². The predicted molar refractivity (Wildman–Crippen MR) is 105 cm³/mol. The van der Waals surface area contributed by atoms with Crippen molar-refractivity contribution in [3.8, 4) is 0 Å². The number of carbonyl (C=O) groups excluding carboxylic acids is 1. The molecule has 1 amide bonds. The molecule has 2 aromatic rings. The van der Waals surface area contributed by atoms with Crippen molar-refractivity contribution < 1.29 is 9.32 Å². The van der Waals surface area contributed by atoms with Crippen LogP contribution in [-0.2, 0) is 6.42 Å². The van der Waals surface area contributed by atoms with Crippen molar-refractivity contribution in [1.82, 2.24) is 20.4 Å². The second kappa shape index (κ2) is 8.99. The lowest BCUT2D eigenvalue weighted by molar-refractivity contribution is 0.0953. The van der Waals surface area contributed by atoms with E-state index in [1.807, 2.05) is 26.0 Å². The summed E-state index contributed by atoms with van der Waals surface area (Å²) in [6.07, 6.45) is 4.50. The van der Waals surface area contributed by atoms with Crippen molar-refractivity contribution in [2.75, 3.05) is 44.7 Å². The molecule has 7 heteroatoms. The van der Waals surface area contributed by atoms with Gasteiger partial charge in [0.25, 0.3) is 5.91 Å². The molecule has 1 N–H and O–H groups in total. The Morgan fingerprint density at radius 3 is 2.78 bits per heavy atom. The summed E-state index contributed by atoms with van der Waals surface area (Å²) in [6, 6.07) is 3.81. The second-order valence-corrected chi connectivity index (χ2v) is 7.21. The maximum Gasteiger partial charge on any atom is 0.252 e. The number of rotatable bonds is 6. The van der Waals surface area contributed by atoms with E-state index in [4.69, 9.17) is 4.52 Å². The van der Waals surface area contributed by atoms with Crippen molar-refractivity contribution >= 4 is 11.7 Å². The summed E-state index contributed by atoms with van der Waals surface area (Å²) >= 11 is 0. The number of hydrogen-bond acceptors (Lipinski definition) is 6. The summed E-state index contributed by atoms with van der Waals surface area (Å²) in [6.45, 7) is 8.61. The number of aryl methyl sites for hydroxylation is 2. The Bertz CT molecular complexity index is 737. The second-order valence-electron chi connectivity index (χ2n) is 7.21. The van der Waals surface area contributed by atoms with Gasteiger partial charge in [0.2, 0.25) is 0 Å². The molecule has 0 atom stereocenters. The molecule has 3 heterocycles. The largest absolute Gasteiger partial charge is 0.361 e. The molecule has 1 aliphatic heterocycles. The number of amides is 1. The summed E-state index contributed by atoms with van der Waals surface area (Å²) in [5, 5.41) is 6.92. The van der Waals surface area contributed by atoms with E-state index in [9.17, 15) is 4.79 Å². The number of carbonyl (C=O) groups is 1. The number of nitrogens with zero attached hydrogens (tertiary/aromatic N) is 4. The lowest BCUT2D eigenvalue weighted by atomic mass is 10.1.